The van der Waals surface area contributed by atoms with Crippen molar-refractivity contribution >= 4 is 11.4 Å². The van der Waals surface area contributed by atoms with Crippen molar-refractivity contribution in [3.05, 3.63) is 49.2 Å². The van der Waals surface area contributed by atoms with E-state index in [1.54, 1.807) is 19.3 Å². The van der Waals surface area contributed by atoms with E-state index < -0.39 is 0 Å². The second kappa shape index (κ2) is 6.42. The minimum Gasteiger partial charge on any atom is -0.371 e. The first-order chi connectivity index (χ1) is 9.80. The maximum Gasteiger partial charge on any atom is 0.224 e. The van der Waals surface area contributed by atoms with Gasteiger partial charge in [-0.15, -0.1) is 0 Å². The average molecular weight is 269 g/mol. The smallest absolute Gasteiger partial charge is 0.224 e. The normalized spacial score (nSPS) is 11.8. The van der Waals surface area contributed by atoms with Gasteiger partial charge in [-0.05, 0) is 6.92 Å². The molecule has 0 atom stereocenters. The molecule has 1 N–H and O–H groups in total. The van der Waals surface area contributed by atoms with Crippen LogP contribution in [-0.4, -0.2) is 27.2 Å². The maximum absolute atomic E-state index is 4.76. The fraction of sp³-hybridized carbons (Fsp3) is 0.143. The predicted octanol–water partition coefficient (Wildman–Crippen LogP) is 2.71. The van der Waals surface area contributed by atoms with E-state index in [1.165, 1.54) is 6.39 Å². The molecule has 2 rings (SSSR count). The Morgan fingerprint density at radius 2 is 2.25 bits per heavy atom. The van der Waals surface area contributed by atoms with Crippen molar-refractivity contribution in [1.29, 1.82) is 0 Å². The number of hydrogen-bond acceptors (Lipinski definition) is 6. The Labute approximate surface area is 117 Å². The number of nitrogens with zero attached hydrogens (tertiary/aromatic N) is 4. The molecule has 0 aliphatic heterocycles. The molecule has 0 aromatic carbocycles. The Kier molecular flexibility index (Phi) is 4.39. The van der Waals surface area contributed by atoms with Gasteiger partial charge in [0.1, 0.15) is 0 Å². The van der Waals surface area contributed by atoms with Crippen LogP contribution in [0.25, 0.3) is 17.1 Å². The van der Waals surface area contributed by atoms with Crippen LogP contribution in [0.3, 0.4) is 0 Å². The first kappa shape index (κ1) is 13.7. The first-order valence-electron chi connectivity index (χ1n) is 6.07. The number of nitrogens with one attached hydrogen (secondary N) is 1. The molecule has 2 aromatic heterocycles. The van der Waals surface area contributed by atoms with Gasteiger partial charge in [0.05, 0.1) is 11.9 Å². The molecule has 0 saturated heterocycles. The van der Waals surface area contributed by atoms with Crippen molar-refractivity contribution in [3.8, 4) is 11.5 Å². The van der Waals surface area contributed by atoms with Gasteiger partial charge in [-0.1, -0.05) is 36.0 Å². The van der Waals surface area contributed by atoms with Crippen LogP contribution < -0.4 is 5.32 Å². The quantitative estimate of drug-likeness (QED) is 0.841. The van der Waals surface area contributed by atoms with Crippen molar-refractivity contribution in [1.82, 2.24) is 20.1 Å². The Balaban J connectivity index is 2.52. The number of hydrogen-bond donors (Lipinski definition) is 1. The van der Waals surface area contributed by atoms with E-state index in [1.807, 2.05) is 25.2 Å². The summed E-state index contributed by atoms with van der Waals surface area (Å²) < 4.78 is 4.76. The predicted molar refractivity (Wildman–Crippen MR) is 77.9 cm³/mol. The average Bonchev–Trinajstić information content (AvgIpc) is 3.02. The summed E-state index contributed by atoms with van der Waals surface area (Å²) in [6.45, 7) is 5.73. The Morgan fingerprint density at radius 1 is 1.40 bits per heavy atom. The molecule has 20 heavy (non-hydrogen) atoms. The van der Waals surface area contributed by atoms with Crippen LogP contribution in [0.5, 0.6) is 0 Å². The number of anilines is 1. The van der Waals surface area contributed by atoms with Crippen LogP contribution in [0.4, 0.5) is 5.82 Å². The summed E-state index contributed by atoms with van der Waals surface area (Å²) in [5.74, 6) is 0.975. The van der Waals surface area contributed by atoms with Crippen LogP contribution in [-0.2, 0) is 0 Å². The van der Waals surface area contributed by atoms with E-state index in [0.717, 1.165) is 5.57 Å². The number of aromatic nitrogens is 4. The van der Waals surface area contributed by atoms with E-state index in [2.05, 4.69) is 32.0 Å². The third-order valence-electron chi connectivity index (χ3n) is 2.57. The largest absolute Gasteiger partial charge is 0.371 e. The van der Waals surface area contributed by atoms with Gasteiger partial charge in [0, 0.05) is 12.6 Å². The van der Waals surface area contributed by atoms with Crippen molar-refractivity contribution < 1.29 is 4.52 Å². The molecule has 102 valence electrons. The van der Waals surface area contributed by atoms with E-state index in [9.17, 15) is 0 Å². The van der Waals surface area contributed by atoms with E-state index in [4.69, 9.17) is 4.52 Å². The summed E-state index contributed by atoms with van der Waals surface area (Å²) in [6, 6.07) is 0. The first-order valence-corrected chi connectivity index (χ1v) is 6.07. The highest BCUT2D eigenvalue weighted by Gasteiger charge is 2.14. The Bertz CT molecular complexity index is 644. The monoisotopic (exact) mass is 269 g/mol. The molecule has 0 aliphatic rings. The van der Waals surface area contributed by atoms with Crippen LogP contribution in [0.2, 0.25) is 0 Å². The highest BCUT2D eigenvalue weighted by Crippen LogP contribution is 2.23. The Hall–Kier alpha value is -2.76. The molecule has 0 amide bonds. The molecule has 6 nitrogen and oxygen atoms in total. The third kappa shape index (κ3) is 2.80. The highest BCUT2D eigenvalue weighted by molar-refractivity contribution is 5.75. The summed E-state index contributed by atoms with van der Waals surface area (Å²) in [7, 11) is 1.76. The fourth-order valence-electron chi connectivity index (χ4n) is 1.60. The van der Waals surface area contributed by atoms with Crippen molar-refractivity contribution in [2.24, 2.45) is 0 Å². The lowest BCUT2D eigenvalue weighted by Gasteiger charge is -2.07. The summed E-state index contributed by atoms with van der Waals surface area (Å²) in [6.07, 6.45) is 10.4. The van der Waals surface area contributed by atoms with Gasteiger partial charge in [0.2, 0.25) is 12.2 Å². The van der Waals surface area contributed by atoms with Gasteiger partial charge in [0.25, 0.3) is 0 Å². The van der Waals surface area contributed by atoms with E-state index in [0.29, 0.717) is 23.0 Å². The third-order valence-corrected chi connectivity index (χ3v) is 2.57. The SMILES string of the molecule is C=C/C(=C\C=C/C)c1cnc(NC)c(-c2ncon2)n1. The second-order valence-corrected chi connectivity index (χ2v) is 3.81. The number of rotatable bonds is 5. The van der Waals surface area contributed by atoms with Gasteiger partial charge < -0.3 is 9.84 Å². The molecule has 0 bridgehead atoms. The minimum atomic E-state index is 0.387. The van der Waals surface area contributed by atoms with Crippen LogP contribution in [0.15, 0.2) is 48.0 Å². The molecule has 0 saturated carbocycles. The van der Waals surface area contributed by atoms with Crippen molar-refractivity contribution in [2.75, 3.05) is 12.4 Å². The van der Waals surface area contributed by atoms with Gasteiger partial charge in [-0.2, -0.15) is 4.98 Å². The number of allylic oxidation sites excluding steroid dienone is 5. The van der Waals surface area contributed by atoms with Crippen molar-refractivity contribution in [3.63, 3.8) is 0 Å². The molecular weight excluding hydrogens is 254 g/mol. The van der Waals surface area contributed by atoms with Crippen LogP contribution in [0, 0.1) is 0 Å². The summed E-state index contributed by atoms with van der Waals surface area (Å²) in [5.41, 5.74) is 2.09. The van der Waals surface area contributed by atoms with Gasteiger partial charge >= 0.3 is 0 Å². The lowest BCUT2D eigenvalue weighted by Crippen LogP contribution is -2.01. The van der Waals surface area contributed by atoms with Gasteiger partial charge in [-0.25, -0.2) is 9.97 Å². The van der Waals surface area contributed by atoms with E-state index >= 15 is 0 Å². The maximum atomic E-state index is 4.76. The summed E-state index contributed by atoms with van der Waals surface area (Å²) in [5, 5.41) is 6.75. The summed E-state index contributed by atoms with van der Waals surface area (Å²) >= 11 is 0. The molecule has 2 heterocycles. The lowest BCUT2D eigenvalue weighted by atomic mass is 10.1. The second-order valence-electron chi connectivity index (χ2n) is 3.81. The lowest BCUT2D eigenvalue weighted by molar-refractivity contribution is 0.418. The van der Waals surface area contributed by atoms with Crippen LogP contribution in [0.1, 0.15) is 12.6 Å². The standard InChI is InChI=1S/C14H15N5O/c1-4-6-7-10(5-2)11-8-16-13(15-3)12(18-11)14-17-9-20-19-14/h4-9H,2H2,1,3H3,(H,15,16)/b6-4-,10-7+. The zero-order chi connectivity index (χ0) is 14.4. The zero-order valence-electron chi connectivity index (χ0n) is 11.4. The zero-order valence-corrected chi connectivity index (χ0v) is 11.4. The van der Waals surface area contributed by atoms with E-state index in [-0.39, 0.29) is 0 Å². The summed E-state index contributed by atoms with van der Waals surface area (Å²) in [4.78, 5) is 12.9. The highest BCUT2D eigenvalue weighted by atomic mass is 16.5. The molecular formula is C14H15N5O. The molecule has 0 aliphatic carbocycles. The molecule has 6 heteroatoms. The van der Waals surface area contributed by atoms with Gasteiger partial charge in [0.15, 0.2) is 11.5 Å². The molecule has 2 aromatic rings. The minimum absolute atomic E-state index is 0.387. The molecule has 0 spiro atoms. The van der Waals surface area contributed by atoms with Crippen molar-refractivity contribution in [2.45, 2.75) is 6.92 Å². The molecule has 0 radical (unpaired) electrons. The van der Waals surface area contributed by atoms with Crippen LogP contribution >= 0.6 is 0 Å². The van der Waals surface area contributed by atoms with Gasteiger partial charge in [-0.3, -0.25) is 0 Å². The fourth-order valence-corrected chi connectivity index (χ4v) is 1.60. The molecule has 0 fully saturated rings. The molecule has 0 unspecified atom stereocenters. The topological polar surface area (TPSA) is 76.7 Å². The Morgan fingerprint density at radius 3 is 2.85 bits per heavy atom.